The van der Waals surface area contributed by atoms with Gasteiger partial charge in [0.15, 0.2) is 17.3 Å². The summed E-state index contributed by atoms with van der Waals surface area (Å²) in [5.74, 6) is -0.0483. The number of nitrogens with one attached hydrogen (secondary N) is 1. The topological polar surface area (TPSA) is 81.6 Å². The molecule has 31 heavy (non-hydrogen) atoms. The minimum absolute atomic E-state index is 0.210. The van der Waals surface area contributed by atoms with Crippen molar-refractivity contribution in [3.63, 3.8) is 0 Å². The van der Waals surface area contributed by atoms with Crippen LogP contribution in [0.3, 0.4) is 0 Å². The largest absolute Gasteiger partial charge is 0.493 e. The van der Waals surface area contributed by atoms with Crippen LogP contribution in [0.25, 0.3) is 10.9 Å². The summed E-state index contributed by atoms with van der Waals surface area (Å²) < 4.78 is 43.8. The van der Waals surface area contributed by atoms with E-state index in [9.17, 15) is 8.78 Å². The second-order valence-electron chi connectivity index (χ2n) is 7.10. The fourth-order valence-electron chi connectivity index (χ4n) is 3.41. The smallest absolute Gasteiger partial charge is 0.164 e. The molecule has 1 aliphatic heterocycles. The summed E-state index contributed by atoms with van der Waals surface area (Å²) in [6.07, 6.45) is 0.862. The van der Waals surface area contributed by atoms with Crippen molar-refractivity contribution in [3.05, 3.63) is 42.0 Å². The Morgan fingerprint density at radius 2 is 1.81 bits per heavy atom. The fourth-order valence-corrected chi connectivity index (χ4v) is 3.41. The van der Waals surface area contributed by atoms with Gasteiger partial charge in [-0.3, -0.25) is 4.90 Å². The molecule has 0 bridgehead atoms. The molecule has 1 aromatic heterocycles. The first kappa shape index (κ1) is 21.1. The van der Waals surface area contributed by atoms with E-state index in [0.717, 1.165) is 45.3 Å². The molecule has 164 valence electrons. The standard InChI is InChI=1S/C21H23F2N5O3/c1-29-19-12-17-18(13-20(19)31-6-2-3-28-4-7-30-8-5-28)25-27-26-21(17)24-16-10-14(22)9-15(23)11-16/h9-13H,2-8H2,1H3,(H,24,25,26). The highest BCUT2D eigenvalue weighted by Gasteiger charge is 2.14. The van der Waals surface area contributed by atoms with Crippen molar-refractivity contribution >= 4 is 22.4 Å². The van der Waals surface area contributed by atoms with Crippen LogP contribution < -0.4 is 14.8 Å². The van der Waals surface area contributed by atoms with E-state index in [2.05, 4.69) is 25.6 Å². The molecule has 3 aromatic rings. The van der Waals surface area contributed by atoms with E-state index in [4.69, 9.17) is 14.2 Å². The number of hydrogen-bond acceptors (Lipinski definition) is 8. The first-order chi connectivity index (χ1) is 15.1. The zero-order valence-corrected chi connectivity index (χ0v) is 17.1. The predicted octanol–water partition coefficient (Wildman–Crippen LogP) is 3.16. The maximum Gasteiger partial charge on any atom is 0.164 e. The zero-order valence-electron chi connectivity index (χ0n) is 17.1. The highest BCUT2D eigenvalue weighted by molar-refractivity contribution is 5.92. The Kier molecular flexibility index (Phi) is 6.68. The molecule has 10 heteroatoms. The molecule has 4 rings (SSSR count). The van der Waals surface area contributed by atoms with Crippen molar-refractivity contribution in [3.8, 4) is 11.5 Å². The number of anilines is 2. The fraction of sp³-hybridized carbons (Fsp3) is 0.381. The maximum atomic E-state index is 13.5. The third-order valence-corrected chi connectivity index (χ3v) is 4.94. The first-order valence-electron chi connectivity index (χ1n) is 9.99. The summed E-state index contributed by atoms with van der Waals surface area (Å²) in [5.41, 5.74) is 0.722. The van der Waals surface area contributed by atoms with Crippen molar-refractivity contribution in [1.29, 1.82) is 0 Å². The van der Waals surface area contributed by atoms with Gasteiger partial charge in [0.2, 0.25) is 0 Å². The van der Waals surface area contributed by atoms with Gasteiger partial charge in [0.25, 0.3) is 0 Å². The van der Waals surface area contributed by atoms with Crippen LogP contribution in [0.4, 0.5) is 20.3 Å². The Labute approximate surface area is 178 Å². The van der Waals surface area contributed by atoms with E-state index in [-0.39, 0.29) is 5.69 Å². The van der Waals surface area contributed by atoms with Gasteiger partial charge in [0.1, 0.15) is 17.2 Å². The van der Waals surface area contributed by atoms with Crippen LogP contribution in [-0.4, -0.2) is 66.9 Å². The molecule has 0 radical (unpaired) electrons. The Hall–Kier alpha value is -3.11. The summed E-state index contributed by atoms with van der Waals surface area (Å²) in [6, 6.07) is 6.56. The molecule has 0 aliphatic carbocycles. The van der Waals surface area contributed by atoms with Crippen LogP contribution in [-0.2, 0) is 4.74 Å². The van der Waals surface area contributed by atoms with Crippen molar-refractivity contribution < 1.29 is 23.0 Å². The lowest BCUT2D eigenvalue weighted by Gasteiger charge is -2.26. The number of hydrogen-bond donors (Lipinski definition) is 1. The van der Waals surface area contributed by atoms with Crippen LogP contribution >= 0.6 is 0 Å². The monoisotopic (exact) mass is 431 g/mol. The number of morpholine rings is 1. The van der Waals surface area contributed by atoms with Crippen LogP contribution in [0.15, 0.2) is 30.3 Å². The van der Waals surface area contributed by atoms with Crippen LogP contribution in [0, 0.1) is 11.6 Å². The zero-order chi connectivity index (χ0) is 21.6. The summed E-state index contributed by atoms with van der Waals surface area (Å²) in [6.45, 7) is 4.86. The second-order valence-corrected chi connectivity index (χ2v) is 7.10. The highest BCUT2D eigenvalue weighted by atomic mass is 19.1. The van der Waals surface area contributed by atoms with Crippen LogP contribution in [0.5, 0.6) is 11.5 Å². The van der Waals surface area contributed by atoms with Gasteiger partial charge < -0.3 is 19.5 Å². The van der Waals surface area contributed by atoms with Gasteiger partial charge in [-0.2, -0.15) is 0 Å². The number of benzene rings is 2. The molecule has 1 N–H and O–H groups in total. The molecule has 0 amide bonds. The number of rotatable bonds is 8. The Bertz CT molecular complexity index is 1030. The van der Waals surface area contributed by atoms with Gasteiger partial charge in [0.05, 0.1) is 32.3 Å². The molecule has 0 saturated carbocycles. The number of methoxy groups -OCH3 is 1. The SMILES string of the molecule is COc1cc2c(Nc3cc(F)cc(F)c3)nnnc2cc1OCCCN1CCOCC1. The molecule has 2 aromatic carbocycles. The minimum atomic E-state index is -0.695. The lowest BCUT2D eigenvalue weighted by molar-refractivity contribution is 0.0357. The first-order valence-corrected chi connectivity index (χ1v) is 9.99. The van der Waals surface area contributed by atoms with Gasteiger partial charge >= 0.3 is 0 Å². The lowest BCUT2D eigenvalue weighted by atomic mass is 10.2. The Morgan fingerprint density at radius 3 is 2.55 bits per heavy atom. The predicted molar refractivity (Wildman–Crippen MR) is 111 cm³/mol. The minimum Gasteiger partial charge on any atom is -0.493 e. The van der Waals surface area contributed by atoms with Gasteiger partial charge in [0, 0.05) is 37.5 Å². The number of fused-ring (bicyclic) bond motifs is 1. The molecule has 1 fully saturated rings. The summed E-state index contributed by atoms with van der Waals surface area (Å²) in [7, 11) is 1.54. The van der Waals surface area contributed by atoms with E-state index >= 15 is 0 Å². The van der Waals surface area contributed by atoms with Crippen molar-refractivity contribution in [1.82, 2.24) is 20.3 Å². The van der Waals surface area contributed by atoms with Gasteiger partial charge in [-0.1, -0.05) is 0 Å². The number of aromatic nitrogens is 3. The Morgan fingerprint density at radius 1 is 1.03 bits per heavy atom. The summed E-state index contributed by atoms with van der Waals surface area (Å²) >= 11 is 0. The van der Waals surface area contributed by atoms with Crippen LogP contribution in [0.2, 0.25) is 0 Å². The van der Waals surface area contributed by atoms with E-state index in [0.29, 0.717) is 34.8 Å². The van der Waals surface area contributed by atoms with Crippen molar-refractivity contribution in [2.45, 2.75) is 6.42 Å². The van der Waals surface area contributed by atoms with Gasteiger partial charge in [-0.25, -0.2) is 8.78 Å². The van der Waals surface area contributed by atoms with E-state index < -0.39 is 11.6 Å². The third kappa shape index (κ3) is 5.33. The quantitative estimate of drug-likeness (QED) is 0.545. The molecule has 1 saturated heterocycles. The average Bonchev–Trinajstić information content (AvgIpc) is 2.76. The van der Waals surface area contributed by atoms with Crippen molar-refractivity contribution in [2.75, 3.05) is 51.9 Å². The molecule has 0 spiro atoms. The highest BCUT2D eigenvalue weighted by Crippen LogP contribution is 2.34. The number of halogens is 2. The molecule has 0 atom stereocenters. The third-order valence-electron chi connectivity index (χ3n) is 4.94. The number of ether oxygens (including phenoxy) is 3. The van der Waals surface area contributed by atoms with E-state index in [1.54, 1.807) is 19.2 Å². The molecule has 0 unspecified atom stereocenters. The molecule has 2 heterocycles. The van der Waals surface area contributed by atoms with Gasteiger partial charge in [-0.15, -0.1) is 10.2 Å². The van der Waals surface area contributed by atoms with Gasteiger partial charge in [-0.05, 0) is 29.8 Å². The van der Waals surface area contributed by atoms with E-state index in [1.165, 1.54) is 12.1 Å². The molecule has 8 nitrogen and oxygen atoms in total. The second kappa shape index (κ2) is 9.80. The van der Waals surface area contributed by atoms with Crippen molar-refractivity contribution in [2.24, 2.45) is 0 Å². The van der Waals surface area contributed by atoms with E-state index in [1.807, 2.05) is 0 Å². The lowest BCUT2D eigenvalue weighted by Crippen LogP contribution is -2.37. The summed E-state index contributed by atoms with van der Waals surface area (Å²) in [5, 5.41) is 15.2. The Balaban J connectivity index is 1.49. The van der Waals surface area contributed by atoms with Crippen LogP contribution in [0.1, 0.15) is 6.42 Å². The molecule has 1 aliphatic rings. The average molecular weight is 431 g/mol. The summed E-state index contributed by atoms with van der Waals surface area (Å²) in [4.78, 5) is 2.34. The number of nitrogens with zero attached hydrogens (tertiary/aromatic N) is 4. The molecular formula is C21H23F2N5O3. The maximum absolute atomic E-state index is 13.5. The molecular weight excluding hydrogens is 408 g/mol. The normalized spacial score (nSPS) is 14.5.